The second kappa shape index (κ2) is 6.39. The smallest absolute Gasteiger partial charge is 0.217 e. The second-order valence-electron chi connectivity index (χ2n) is 5.33. The Morgan fingerprint density at radius 1 is 1.40 bits per heavy atom. The molecule has 0 radical (unpaired) electrons. The van der Waals surface area contributed by atoms with E-state index >= 15 is 0 Å². The lowest BCUT2D eigenvalue weighted by molar-refractivity contribution is -0.119. The summed E-state index contributed by atoms with van der Waals surface area (Å²) >= 11 is 6.18. The molecule has 1 aliphatic heterocycles. The van der Waals surface area contributed by atoms with Crippen molar-refractivity contribution in [3.63, 3.8) is 0 Å². The summed E-state index contributed by atoms with van der Waals surface area (Å²) in [6.45, 7) is 5.74. The zero-order chi connectivity index (χ0) is 14.7. The number of piperidine rings is 1. The molecule has 0 bridgehead atoms. The number of aromatic nitrogens is 2. The lowest BCUT2D eigenvalue weighted by atomic mass is 9.93. The van der Waals surface area contributed by atoms with Crippen molar-refractivity contribution in [3.05, 3.63) is 16.5 Å². The number of aryl methyl sites for hydroxylation is 1. The highest BCUT2D eigenvalue weighted by Crippen LogP contribution is 2.28. The number of rotatable bonds is 4. The lowest BCUT2D eigenvalue weighted by Gasteiger charge is -2.33. The summed E-state index contributed by atoms with van der Waals surface area (Å²) in [7, 11) is 0. The van der Waals surface area contributed by atoms with Gasteiger partial charge >= 0.3 is 0 Å². The van der Waals surface area contributed by atoms with Gasteiger partial charge in [-0.25, -0.2) is 9.97 Å². The van der Waals surface area contributed by atoms with Crippen LogP contribution in [0.1, 0.15) is 37.6 Å². The molecule has 5 nitrogen and oxygen atoms in total. The van der Waals surface area contributed by atoms with E-state index in [1.54, 1.807) is 0 Å². The molecule has 1 aromatic heterocycles. The zero-order valence-electron chi connectivity index (χ0n) is 12.0. The van der Waals surface area contributed by atoms with Crippen LogP contribution in [0.2, 0.25) is 5.15 Å². The summed E-state index contributed by atoms with van der Waals surface area (Å²) in [5.74, 6) is 1.89. The van der Waals surface area contributed by atoms with Gasteiger partial charge in [-0.05, 0) is 25.7 Å². The third-order valence-electron chi connectivity index (χ3n) is 3.83. The average Bonchev–Trinajstić information content (AvgIpc) is 2.42. The maximum Gasteiger partial charge on any atom is 0.217 e. The highest BCUT2D eigenvalue weighted by atomic mass is 35.5. The molecular formula is C14H21ClN4O. The van der Waals surface area contributed by atoms with Gasteiger partial charge in [0.05, 0.1) is 0 Å². The summed E-state index contributed by atoms with van der Waals surface area (Å²) in [4.78, 5) is 22.1. The van der Waals surface area contributed by atoms with E-state index < -0.39 is 0 Å². The molecule has 0 aliphatic carbocycles. The molecule has 2 heterocycles. The highest BCUT2D eigenvalue weighted by Gasteiger charge is 2.23. The van der Waals surface area contributed by atoms with Crippen molar-refractivity contribution < 1.29 is 4.79 Å². The third-order valence-corrected chi connectivity index (χ3v) is 4.20. The molecule has 1 aliphatic rings. The van der Waals surface area contributed by atoms with Crippen LogP contribution in [0, 0.1) is 12.8 Å². The van der Waals surface area contributed by atoms with Gasteiger partial charge in [0.2, 0.25) is 5.91 Å². The fourth-order valence-corrected chi connectivity index (χ4v) is 2.80. The molecule has 2 N–H and O–H groups in total. The summed E-state index contributed by atoms with van der Waals surface area (Å²) in [6, 6.07) is 0. The van der Waals surface area contributed by atoms with Gasteiger partial charge in [-0.2, -0.15) is 0 Å². The Labute approximate surface area is 124 Å². The Morgan fingerprint density at radius 3 is 2.60 bits per heavy atom. The number of halogens is 1. The first-order valence-corrected chi connectivity index (χ1v) is 7.45. The first kappa shape index (κ1) is 15.0. The Morgan fingerprint density at radius 2 is 2.05 bits per heavy atom. The number of carbonyl (C=O) groups is 1. The first-order valence-electron chi connectivity index (χ1n) is 7.07. The molecule has 0 saturated carbocycles. The lowest BCUT2D eigenvalue weighted by Crippen LogP contribution is -2.36. The normalized spacial score (nSPS) is 16.4. The largest absolute Gasteiger partial charge is 0.370 e. The van der Waals surface area contributed by atoms with Crippen LogP contribution in [0.25, 0.3) is 0 Å². The Hall–Kier alpha value is -1.36. The van der Waals surface area contributed by atoms with Crippen molar-refractivity contribution in [3.8, 4) is 0 Å². The molecule has 1 saturated heterocycles. The van der Waals surface area contributed by atoms with E-state index in [1.807, 2.05) is 13.8 Å². The van der Waals surface area contributed by atoms with Crippen LogP contribution in [0.3, 0.4) is 0 Å². The maximum atomic E-state index is 11.0. The minimum Gasteiger partial charge on any atom is -0.370 e. The molecule has 20 heavy (non-hydrogen) atoms. The van der Waals surface area contributed by atoms with Crippen molar-refractivity contribution in [1.82, 2.24) is 9.97 Å². The van der Waals surface area contributed by atoms with Crippen molar-refractivity contribution in [2.75, 3.05) is 18.0 Å². The van der Waals surface area contributed by atoms with Crippen LogP contribution >= 0.6 is 11.6 Å². The fourth-order valence-electron chi connectivity index (χ4n) is 2.62. The summed E-state index contributed by atoms with van der Waals surface area (Å²) in [6.07, 6.45) is 3.18. The molecule has 0 unspecified atom stereocenters. The quantitative estimate of drug-likeness (QED) is 0.864. The number of carbonyl (C=O) groups excluding carboxylic acids is 1. The van der Waals surface area contributed by atoms with E-state index in [2.05, 4.69) is 14.9 Å². The molecule has 6 heteroatoms. The molecule has 0 atom stereocenters. The number of nitrogens with two attached hydrogens (primary N) is 1. The zero-order valence-corrected chi connectivity index (χ0v) is 12.8. The van der Waals surface area contributed by atoms with Crippen molar-refractivity contribution >= 4 is 23.3 Å². The van der Waals surface area contributed by atoms with Crippen LogP contribution in [-0.2, 0) is 11.2 Å². The minimum absolute atomic E-state index is 0.210. The molecule has 1 amide bonds. The summed E-state index contributed by atoms with van der Waals surface area (Å²) < 4.78 is 0. The van der Waals surface area contributed by atoms with Crippen LogP contribution in [0.4, 0.5) is 5.82 Å². The average molecular weight is 297 g/mol. The molecule has 110 valence electrons. The monoisotopic (exact) mass is 296 g/mol. The Balaban J connectivity index is 2.10. The summed E-state index contributed by atoms with van der Waals surface area (Å²) in [5.41, 5.74) is 6.19. The number of hydrogen-bond donors (Lipinski definition) is 1. The third kappa shape index (κ3) is 3.39. The molecular weight excluding hydrogens is 276 g/mol. The van der Waals surface area contributed by atoms with Crippen LogP contribution in [0.15, 0.2) is 0 Å². The van der Waals surface area contributed by atoms with Gasteiger partial charge in [0.1, 0.15) is 16.8 Å². The molecule has 1 aromatic rings. The first-order chi connectivity index (χ1) is 9.51. The van der Waals surface area contributed by atoms with E-state index in [0.29, 0.717) is 17.5 Å². The maximum absolute atomic E-state index is 11.0. The van der Waals surface area contributed by atoms with Gasteiger partial charge in [-0.1, -0.05) is 18.5 Å². The molecule has 0 spiro atoms. The SMILES string of the molecule is CCc1nc(Cl)c(C)c(N2CCC(CC(N)=O)CC2)n1. The second-order valence-corrected chi connectivity index (χ2v) is 5.69. The van der Waals surface area contributed by atoms with Gasteiger partial charge in [0.15, 0.2) is 0 Å². The van der Waals surface area contributed by atoms with Gasteiger partial charge in [0.25, 0.3) is 0 Å². The number of primary amides is 1. The Bertz CT molecular complexity index is 498. The van der Waals surface area contributed by atoms with E-state index in [1.165, 1.54) is 0 Å². The highest BCUT2D eigenvalue weighted by molar-refractivity contribution is 6.30. The number of nitrogens with zero attached hydrogens (tertiary/aromatic N) is 3. The summed E-state index contributed by atoms with van der Waals surface area (Å²) in [5, 5.41) is 0.533. The Kier molecular flexibility index (Phi) is 4.81. The van der Waals surface area contributed by atoms with Gasteiger partial charge in [0, 0.05) is 31.5 Å². The number of amides is 1. The van der Waals surface area contributed by atoms with E-state index in [0.717, 1.165) is 49.6 Å². The fraction of sp³-hybridized carbons (Fsp3) is 0.643. The van der Waals surface area contributed by atoms with Crippen LogP contribution in [0.5, 0.6) is 0 Å². The van der Waals surface area contributed by atoms with Gasteiger partial charge in [-0.3, -0.25) is 4.79 Å². The van der Waals surface area contributed by atoms with Crippen molar-refractivity contribution in [2.45, 2.75) is 39.5 Å². The van der Waals surface area contributed by atoms with E-state index in [4.69, 9.17) is 17.3 Å². The number of hydrogen-bond acceptors (Lipinski definition) is 4. The van der Waals surface area contributed by atoms with E-state index in [-0.39, 0.29) is 5.91 Å². The van der Waals surface area contributed by atoms with Gasteiger partial charge < -0.3 is 10.6 Å². The number of anilines is 1. The van der Waals surface area contributed by atoms with Gasteiger partial charge in [-0.15, -0.1) is 0 Å². The minimum atomic E-state index is -0.210. The predicted octanol–water partition coefficient (Wildman–Crippen LogP) is 2.09. The predicted molar refractivity (Wildman–Crippen MR) is 79.9 cm³/mol. The van der Waals surface area contributed by atoms with Crippen LogP contribution in [-0.4, -0.2) is 29.0 Å². The van der Waals surface area contributed by atoms with Crippen LogP contribution < -0.4 is 10.6 Å². The molecule has 1 fully saturated rings. The van der Waals surface area contributed by atoms with Crippen molar-refractivity contribution in [2.24, 2.45) is 11.7 Å². The van der Waals surface area contributed by atoms with E-state index in [9.17, 15) is 4.79 Å². The topological polar surface area (TPSA) is 72.1 Å². The molecule has 0 aromatic carbocycles. The molecule has 2 rings (SSSR count). The van der Waals surface area contributed by atoms with Crippen molar-refractivity contribution in [1.29, 1.82) is 0 Å². The standard InChI is InChI=1S/C14H21ClN4O/c1-3-12-17-13(15)9(2)14(18-12)19-6-4-10(5-7-19)8-11(16)20/h10H,3-8H2,1-2H3,(H2,16,20).